The minimum Gasteiger partial charge on any atom is -0.381 e. The molecule has 1 unspecified atom stereocenters. The maximum absolute atomic E-state index is 3.62. The van der Waals surface area contributed by atoms with Crippen LogP contribution >= 0.6 is 0 Å². The molecule has 0 fully saturated rings. The summed E-state index contributed by atoms with van der Waals surface area (Å²) >= 11 is 0. The third-order valence-electron chi connectivity index (χ3n) is 3.56. The first kappa shape index (κ1) is 15.4. The van der Waals surface area contributed by atoms with E-state index in [1.807, 2.05) is 18.2 Å². The predicted octanol–water partition coefficient (Wildman–Crippen LogP) is 5.67. The Morgan fingerprint density at radius 1 is 0.762 bits per heavy atom. The van der Waals surface area contributed by atoms with Crippen molar-refractivity contribution in [2.75, 3.05) is 10.6 Å². The molecular weight excluding hydrogens is 256 g/mol. The third kappa shape index (κ3) is 5.14. The Bertz CT molecular complexity index is 534. The van der Waals surface area contributed by atoms with Crippen molar-refractivity contribution < 1.29 is 0 Å². The fourth-order valence-corrected chi connectivity index (χ4v) is 2.32. The molecule has 2 aromatic rings. The number of anilines is 3. The van der Waals surface area contributed by atoms with E-state index in [0.717, 1.165) is 23.0 Å². The average Bonchev–Trinajstić information content (AvgIpc) is 2.48. The van der Waals surface area contributed by atoms with Gasteiger partial charge in [0.05, 0.1) is 11.4 Å². The van der Waals surface area contributed by atoms with Crippen molar-refractivity contribution in [2.45, 2.75) is 39.7 Å². The van der Waals surface area contributed by atoms with Crippen molar-refractivity contribution in [3.8, 4) is 0 Å². The van der Waals surface area contributed by atoms with Crippen LogP contribution in [0.4, 0.5) is 17.1 Å². The molecule has 0 saturated carbocycles. The zero-order valence-corrected chi connectivity index (χ0v) is 13.3. The molecule has 0 radical (unpaired) electrons. The van der Waals surface area contributed by atoms with Gasteiger partial charge in [-0.25, -0.2) is 0 Å². The second kappa shape index (κ2) is 7.72. The highest BCUT2D eigenvalue weighted by molar-refractivity contribution is 5.74. The lowest BCUT2D eigenvalue weighted by Gasteiger charge is -2.19. The van der Waals surface area contributed by atoms with Gasteiger partial charge in [0, 0.05) is 11.7 Å². The Hall–Kier alpha value is -1.96. The zero-order chi connectivity index (χ0) is 15.1. The smallest absolute Gasteiger partial charge is 0.0620 e. The monoisotopic (exact) mass is 282 g/mol. The maximum atomic E-state index is 3.62. The van der Waals surface area contributed by atoms with Gasteiger partial charge >= 0.3 is 0 Å². The van der Waals surface area contributed by atoms with E-state index in [9.17, 15) is 0 Å². The van der Waals surface area contributed by atoms with Gasteiger partial charge in [-0.15, -0.1) is 0 Å². The van der Waals surface area contributed by atoms with E-state index < -0.39 is 0 Å². The molecule has 0 aliphatic heterocycles. The fraction of sp³-hybridized carbons (Fsp3) is 0.368. The molecule has 0 bridgehead atoms. The summed E-state index contributed by atoms with van der Waals surface area (Å²) < 4.78 is 0. The van der Waals surface area contributed by atoms with Gasteiger partial charge in [0.15, 0.2) is 0 Å². The van der Waals surface area contributed by atoms with E-state index in [2.05, 4.69) is 67.8 Å². The van der Waals surface area contributed by atoms with Gasteiger partial charge in [0.2, 0.25) is 0 Å². The topological polar surface area (TPSA) is 24.1 Å². The highest BCUT2D eigenvalue weighted by Gasteiger charge is 2.07. The quantitative estimate of drug-likeness (QED) is 0.684. The van der Waals surface area contributed by atoms with Crippen molar-refractivity contribution in [2.24, 2.45) is 5.92 Å². The van der Waals surface area contributed by atoms with Gasteiger partial charge in [-0.3, -0.25) is 0 Å². The first-order valence-corrected chi connectivity index (χ1v) is 7.83. The SMILES string of the molecule is CC(C)CCC(C)Nc1ccccc1Nc1ccccc1. The molecule has 2 N–H and O–H groups in total. The molecule has 2 nitrogen and oxygen atoms in total. The molecule has 0 aliphatic rings. The van der Waals surface area contributed by atoms with Crippen LogP contribution in [0, 0.1) is 5.92 Å². The normalized spacial score (nSPS) is 12.2. The largest absolute Gasteiger partial charge is 0.381 e. The van der Waals surface area contributed by atoms with Gasteiger partial charge in [0.1, 0.15) is 0 Å². The van der Waals surface area contributed by atoms with Crippen molar-refractivity contribution in [1.29, 1.82) is 0 Å². The van der Waals surface area contributed by atoms with E-state index in [1.165, 1.54) is 12.8 Å². The lowest BCUT2D eigenvalue weighted by Crippen LogP contribution is -2.16. The van der Waals surface area contributed by atoms with Crippen LogP contribution in [0.5, 0.6) is 0 Å². The third-order valence-corrected chi connectivity index (χ3v) is 3.56. The molecule has 112 valence electrons. The van der Waals surface area contributed by atoms with E-state index >= 15 is 0 Å². The van der Waals surface area contributed by atoms with Crippen molar-refractivity contribution in [3.63, 3.8) is 0 Å². The maximum Gasteiger partial charge on any atom is 0.0620 e. The molecule has 0 amide bonds. The summed E-state index contributed by atoms with van der Waals surface area (Å²) in [7, 11) is 0. The Balaban J connectivity index is 2.03. The number of benzene rings is 2. The van der Waals surface area contributed by atoms with Crippen LogP contribution in [0.2, 0.25) is 0 Å². The Labute approximate surface area is 128 Å². The molecule has 0 aliphatic carbocycles. The molecule has 2 heteroatoms. The number of rotatable bonds is 7. The minimum absolute atomic E-state index is 0.478. The van der Waals surface area contributed by atoms with Crippen LogP contribution in [0.15, 0.2) is 54.6 Å². The molecule has 0 heterocycles. The summed E-state index contributed by atoms with van der Waals surface area (Å²) in [4.78, 5) is 0. The van der Waals surface area contributed by atoms with Crippen LogP contribution in [0.3, 0.4) is 0 Å². The summed E-state index contributed by atoms with van der Waals surface area (Å²) in [5.41, 5.74) is 3.40. The van der Waals surface area contributed by atoms with Crippen molar-refractivity contribution in [1.82, 2.24) is 0 Å². The van der Waals surface area contributed by atoms with Crippen molar-refractivity contribution in [3.05, 3.63) is 54.6 Å². The average molecular weight is 282 g/mol. The molecule has 2 aromatic carbocycles. The number of nitrogens with one attached hydrogen (secondary N) is 2. The molecule has 0 spiro atoms. The predicted molar refractivity (Wildman–Crippen MR) is 93.3 cm³/mol. The number of hydrogen-bond donors (Lipinski definition) is 2. The molecule has 0 aromatic heterocycles. The lowest BCUT2D eigenvalue weighted by atomic mass is 10.0. The Morgan fingerprint density at radius 2 is 1.38 bits per heavy atom. The molecule has 2 rings (SSSR count). The van der Waals surface area contributed by atoms with Crippen LogP contribution < -0.4 is 10.6 Å². The van der Waals surface area contributed by atoms with Crippen LogP contribution in [-0.2, 0) is 0 Å². The van der Waals surface area contributed by atoms with E-state index in [0.29, 0.717) is 6.04 Å². The summed E-state index contributed by atoms with van der Waals surface area (Å²) in [6.07, 6.45) is 2.44. The molecule has 1 atom stereocenters. The first-order valence-electron chi connectivity index (χ1n) is 7.83. The van der Waals surface area contributed by atoms with E-state index in [-0.39, 0.29) is 0 Å². The second-order valence-electron chi connectivity index (χ2n) is 6.05. The second-order valence-corrected chi connectivity index (χ2v) is 6.05. The van der Waals surface area contributed by atoms with Crippen LogP contribution in [-0.4, -0.2) is 6.04 Å². The first-order chi connectivity index (χ1) is 10.1. The van der Waals surface area contributed by atoms with Gasteiger partial charge < -0.3 is 10.6 Å². The molecule has 21 heavy (non-hydrogen) atoms. The number of para-hydroxylation sites is 3. The Morgan fingerprint density at radius 3 is 2.05 bits per heavy atom. The van der Waals surface area contributed by atoms with E-state index in [1.54, 1.807) is 0 Å². The van der Waals surface area contributed by atoms with Gasteiger partial charge in [-0.1, -0.05) is 44.2 Å². The van der Waals surface area contributed by atoms with Gasteiger partial charge in [0.25, 0.3) is 0 Å². The zero-order valence-electron chi connectivity index (χ0n) is 13.3. The highest BCUT2D eigenvalue weighted by atomic mass is 15.0. The Kier molecular flexibility index (Phi) is 5.68. The van der Waals surface area contributed by atoms with Crippen LogP contribution in [0.25, 0.3) is 0 Å². The summed E-state index contributed by atoms with van der Waals surface area (Å²) in [6.45, 7) is 6.80. The van der Waals surface area contributed by atoms with Crippen LogP contribution in [0.1, 0.15) is 33.6 Å². The summed E-state index contributed by atoms with van der Waals surface area (Å²) in [5.74, 6) is 0.756. The van der Waals surface area contributed by atoms with Gasteiger partial charge in [-0.05, 0) is 49.9 Å². The molecule has 0 saturated heterocycles. The van der Waals surface area contributed by atoms with E-state index in [4.69, 9.17) is 0 Å². The number of hydrogen-bond acceptors (Lipinski definition) is 2. The van der Waals surface area contributed by atoms with Crippen molar-refractivity contribution >= 4 is 17.1 Å². The molecular formula is C19H26N2. The van der Waals surface area contributed by atoms with Gasteiger partial charge in [-0.2, -0.15) is 0 Å². The minimum atomic E-state index is 0.478. The summed E-state index contributed by atoms with van der Waals surface area (Å²) in [5, 5.41) is 7.10. The highest BCUT2D eigenvalue weighted by Crippen LogP contribution is 2.26. The fourth-order valence-electron chi connectivity index (χ4n) is 2.32. The lowest BCUT2D eigenvalue weighted by molar-refractivity contribution is 0.528. The standard InChI is InChI=1S/C19H26N2/c1-15(2)13-14-16(3)20-18-11-7-8-12-19(18)21-17-9-5-4-6-10-17/h4-12,15-16,20-21H,13-14H2,1-3H3. The summed E-state index contributed by atoms with van der Waals surface area (Å²) in [6, 6.07) is 19.2.